The van der Waals surface area contributed by atoms with E-state index in [0.717, 1.165) is 28.7 Å². The number of halogens is 7. The van der Waals surface area contributed by atoms with Crippen LogP contribution in [0.1, 0.15) is 18.9 Å². The zero-order valence-electron chi connectivity index (χ0n) is 14.0. The molecule has 0 bridgehead atoms. The molecule has 10 heteroatoms. The van der Waals surface area contributed by atoms with Gasteiger partial charge in [-0.25, -0.2) is 5.43 Å². The van der Waals surface area contributed by atoms with Gasteiger partial charge in [-0.1, -0.05) is 37.3 Å². The van der Waals surface area contributed by atoms with Crippen molar-refractivity contribution in [1.82, 2.24) is 5.43 Å². The maximum atomic E-state index is 13.2. The van der Waals surface area contributed by atoms with Gasteiger partial charge in [0.15, 0.2) is 0 Å². The molecule has 2 nitrogen and oxygen atoms in total. The number of hydrazone groups is 1. The van der Waals surface area contributed by atoms with Gasteiger partial charge < -0.3 is 0 Å². The van der Waals surface area contributed by atoms with Crippen LogP contribution in [0.3, 0.4) is 0 Å². The summed E-state index contributed by atoms with van der Waals surface area (Å²) in [5, 5.41) is 4.33. The Kier molecular flexibility index (Phi) is 6.28. The van der Waals surface area contributed by atoms with Crippen LogP contribution in [0.2, 0.25) is 0 Å². The number of alkyl halides is 7. The van der Waals surface area contributed by atoms with Crippen molar-refractivity contribution in [2.75, 3.05) is 5.75 Å². The van der Waals surface area contributed by atoms with Gasteiger partial charge in [0, 0.05) is 10.5 Å². The second-order valence-corrected chi connectivity index (χ2v) is 6.70. The van der Waals surface area contributed by atoms with E-state index >= 15 is 0 Å². The van der Waals surface area contributed by atoms with Gasteiger partial charge in [-0.3, -0.25) is 0 Å². The molecular weight excluding hydrogens is 397 g/mol. The van der Waals surface area contributed by atoms with Crippen LogP contribution in [0.15, 0.2) is 46.4 Å². The zero-order valence-corrected chi connectivity index (χ0v) is 14.8. The van der Waals surface area contributed by atoms with Gasteiger partial charge in [0.25, 0.3) is 0 Å². The molecule has 0 atom stereocenters. The van der Waals surface area contributed by atoms with E-state index in [2.05, 4.69) is 5.10 Å². The molecule has 148 valence electrons. The van der Waals surface area contributed by atoms with Gasteiger partial charge in [0.05, 0.1) is 6.21 Å². The molecule has 0 saturated heterocycles. The first-order valence-corrected chi connectivity index (χ1v) is 8.77. The van der Waals surface area contributed by atoms with E-state index in [0.29, 0.717) is 16.4 Å². The number of fused-ring (bicyclic) bond motifs is 1. The van der Waals surface area contributed by atoms with Crippen LogP contribution in [0.25, 0.3) is 10.8 Å². The number of hydrogen-bond donors (Lipinski definition) is 1. The van der Waals surface area contributed by atoms with Gasteiger partial charge in [0.2, 0.25) is 0 Å². The molecule has 27 heavy (non-hydrogen) atoms. The molecule has 0 unspecified atom stereocenters. The van der Waals surface area contributed by atoms with Crippen molar-refractivity contribution in [2.45, 2.75) is 36.4 Å². The number of rotatable bonds is 7. The fourth-order valence-electron chi connectivity index (χ4n) is 2.18. The SMILES string of the molecule is CCCSc1ccc(/C=N/NC(F)(F)C(F)(F)C(F)(F)F)c2ccccc12. The minimum atomic E-state index is -6.41. The molecule has 0 heterocycles. The normalized spacial score (nSPS) is 13.5. The van der Waals surface area contributed by atoms with Crippen LogP contribution in [0.4, 0.5) is 30.7 Å². The van der Waals surface area contributed by atoms with Crippen molar-refractivity contribution in [3.05, 3.63) is 42.0 Å². The monoisotopic (exact) mass is 412 g/mol. The summed E-state index contributed by atoms with van der Waals surface area (Å²) in [6.07, 6.45) is -4.69. The zero-order chi connectivity index (χ0) is 20.3. The predicted octanol–water partition coefficient (Wildman–Crippen LogP) is 6.06. The van der Waals surface area contributed by atoms with Crippen LogP contribution < -0.4 is 5.43 Å². The number of nitrogens with zero attached hydrogens (tertiary/aromatic N) is 1. The van der Waals surface area contributed by atoms with Crippen molar-refractivity contribution < 1.29 is 30.7 Å². The third-order valence-corrected chi connectivity index (χ3v) is 4.82. The van der Waals surface area contributed by atoms with E-state index in [1.807, 2.05) is 6.92 Å². The van der Waals surface area contributed by atoms with Gasteiger partial charge in [-0.15, -0.1) is 11.8 Å². The molecule has 1 N–H and O–H groups in total. The van der Waals surface area contributed by atoms with E-state index in [4.69, 9.17) is 0 Å². The maximum absolute atomic E-state index is 13.2. The number of nitrogens with one attached hydrogen (secondary N) is 1. The molecule has 0 amide bonds. The summed E-state index contributed by atoms with van der Waals surface area (Å²) >= 11 is 1.59. The molecule has 0 aliphatic rings. The Labute approximate surface area is 154 Å². The quantitative estimate of drug-likeness (QED) is 0.197. The predicted molar refractivity (Wildman–Crippen MR) is 91.6 cm³/mol. The molecule has 0 radical (unpaired) electrons. The molecule has 2 aromatic carbocycles. The molecule has 0 aliphatic heterocycles. The van der Waals surface area contributed by atoms with E-state index in [9.17, 15) is 30.7 Å². The molecule has 0 saturated carbocycles. The van der Waals surface area contributed by atoms with Crippen molar-refractivity contribution in [3.8, 4) is 0 Å². The van der Waals surface area contributed by atoms with Gasteiger partial charge in [-0.2, -0.15) is 35.8 Å². The summed E-state index contributed by atoms with van der Waals surface area (Å²) in [5.74, 6) is -5.40. The first-order valence-electron chi connectivity index (χ1n) is 7.78. The number of thioether (sulfide) groups is 1. The van der Waals surface area contributed by atoms with Crippen LogP contribution in [0, 0.1) is 0 Å². The van der Waals surface area contributed by atoms with E-state index < -0.39 is 18.1 Å². The molecule has 0 aliphatic carbocycles. The molecule has 2 rings (SSSR count). The summed E-state index contributed by atoms with van der Waals surface area (Å²) in [6.45, 7) is 2.01. The van der Waals surface area contributed by atoms with Crippen LogP contribution >= 0.6 is 11.8 Å². The summed E-state index contributed by atoms with van der Waals surface area (Å²) in [4.78, 5) is 0.937. The number of benzene rings is 2. The van der Waals surface area contributed by atoms with Gasteiger partial charge in [-0.05, 0) is 29.0 Å². The topological polar surface area (TPSA) is 24.4 Å². The maximum Gasteiger partial charge on any atom is 0.462 e. The highest BCUT2D eigenvalue weighted by Crippen LogP contribution is 2.45. The van der Waals surface area contributed by atoms with Crippen LogP contribution in [-0.4, -0.2) is 30.1 Å². The van der Waals surface area contributed by atoms with Crippen molar-refractivity contribution in [1.29, 1.82) is 0 Å². The average molecular weight is 412 g/mol. The Balaban J connectivity index is 2.29. The fourth-order valence-corrected chi connectivity index (χ4v) is 3.10. The second-order valence-electron chi connectivity index (χ2n) is 5.56. The Morgan fingerprint density at radius 1 is 0.963 bits per heavy atom. The molecule has 0 spiro atoms. The van der Waals surface area contributed by atoms with E-state index in [1.165, 1.54) is 6.07 Å². The largest absolute Gasteiger partial charge is 0.462 e. The highest BCUT2D eigenvalue weighted by molar-refractivity contribution is 7.99. The smallest absolute Gasteiger partial charge is 0.242 e. The van der Waals surface area contributed by atoms with Crippen LogP contribution in [0.5, 0.6) is 0 Å². The molecule has 2 aromatic rings. The highest BCUT2D eigenvalue weighted by atomic mass is 32.2. The lowest BCUT2D eigenvalue weighted by molar-refractivity contribution is -0.361. The minimum absolute atomic E-state index is 0.296. The summed E-state index contributed by atoms with van der Waals surface area (Å²) in [6, 6.07) is 4.59. The third-order valence-electron chi connectivity index (χ3n) is 3.54. The standard InChI is InChI=1S/C17H15F7N2S/c1-2-9-27-14-8-7-11(12-5-3-4-6-13(12)14)10-25-26-17(23,24)15(18,19)16(20,21)22/h3-8,10,26H,2,9H2,1H3/b25-10+. The van der Waals surface area contributed by atoms with Gasteiger partial charge >= 0.3 is 18.1 Å². The lowest BCUT2D eigenvalue weighted by Crippen LogP contribution is -2.58. The Bertz CT molecular complexity index is 819. The van der Waals surface area contributed by atoms with Gasteiger partial charge in [0.1, 0.15) is 0 Å². The first-order chi connectivity index (χ1) is 12.5. The minimum Gasteiger partial charge on any atom is -0.242 e. The second kappa shape index (κ2) is 7.95. The Morgan fingerprint density at radius 3 is 2.19 bits per heavy atom. The van der Waals surface area contributed by atoms with Crippen molar-refractivity contribution in [2.24, 2.45) is 5.10 Å². The Hall–Kier alpha value is -1.97. The molecule has 0 aromatic heterocycles. The summed E-state index contributed by atoms with van der Waals surface area (Å²) in [5.41, 5.74) is 0.925. The molecule has 0 fully saturated rings. The first kappa shape index (κ1) is 21.3. The lowest BCUT2D eigenvalue weighted by Gasteiger charge is -2.27. The average Bonchev–Trinajstić information content (AvgIpc) is 2.59. The summed E-state index contributed by atoms with van der Waals surface area (Å²) in [7, 11) is 0. The number of hydrogen-bond acceptors (Lipinski definition) is 3. The lowest BCUT2D eigenvalue weighted by atomic mass is 10.1. The van der Waals surface area contributed by atoms with E-state index in [-0.39, 0.29) is 0 Å². The Morgan fingerprint density at radius 2 is 1.59 bits per heavy atom. The van der Waals surface area contributed by atoms with E-state index in [1.54, 1.807) is 42.1 Å². The van der Waals surface area contributed by atoms with Crippen molar-refractivity contribution in [3.63, 3.8) is 0 Å². The summed E-state index contributed by atoms with van der Waals surface area (Å²) < 4.78 is 88.5. The molecular formula is C17H15F7N2S. The van der Waals surface area contributed by atoms with Crippen molar-refractivity contribution >= 4 is 28.7 Å². The fraction of sp³-hybridized carbons (Fsp3) is 0.353. The third kappa shape index (κ3) is 4.48. The highest BCUT2D eigenvalue weighted by Gasteiger charge is 2.73. The van der Waals surface area contributed by atoms with Crippen LogP contribution in [-0.2, 0) is 0 Å².